The van der Waals surface area contributed by atoms with Gasteiger partial charge in [0, 0.05) is 24.3 Å². The lowest BCUT2D eigenvalue weighted by Crippen LogP contribution is -2.28. The Hall–Kier alpha value is -1.07. The van der Waals surface area contributed by atoms with Crippen LogP contribution in [-0.4, -0.2) is 32.8 Å². The number of unbranched alkanes of at least 4 members (excludes halogenated alkanes) is 2. The lowest BCUT2D eigenvalue weighted by atomic mass is 10.1. The highest BCUT2D eigenvalue weighted by Crippen LogP contribution is 2.22. The number of halogens is 1. The predicted octanol–water partition coefficient (Wildman–Crippen LogP) is 3.18. The van der Waals surface area contributed by atoms with E-state index in [0.717, 1.165) is 24.8 Å². The van der Waals surface area contributed by atoms with Crippen LogP contribution in [0, 0.1) is 6.92 Å². The van der Waals surface area contributed by atoms with E-state index in [9.17, 15) is 13.2 Å². The van der Waals surface area contributed by atoms with Crippen molar-refractivity contribution in [1.82, 2.24) is 4.90 Å². The van der Waals surface area contributed by atoms with Crippen molar-refractivity contribution in [2.75, 3.05) is 13.6 Å². The second-order valence-corrected chi connectivity index (χ2v) is 7.41. The van der Waals surface area contributed by atoms with E-state index in [1.54, 1.807) is 26.1 Å². The SMILES string of the molecule is CCCCCN(C)C(=O)c1cc(C)ccc1S(=O)(=O)Cl. The number of benzene rings is 1. The van der Waals surface area contributed by atoms with Crippen LogP contribution in [0.3, 0.4) is 0 Å². The van der Waals surface area contributed by atoms with Crippen LogP contribution in [0.5, 0.6) is 0 Å². The summed E-state index contributed by atoms with van der Waals surface area (Å²) in [6.45, 7) is 4.49. The number of nitrogens with zero attached hydrogens (tertiary/aromatic N) is 1. The van der Waals surface area contributed by atoms with Crippen LogP contribution in [0.2, 0.25) is 0 Å². The molecule has 0 unspecified atom stereocenters. The molecule has 0 saturated heterocycles. The number of rotatable bonds is 6. The van der Waals surface area contributed by atoms with Gasteiger partial charge in [-0.3, -0.25) is 4.79 Å². The van der Waals surface area contributed by atoms with Crippen LogP contribution in [0.1, 0.15) is 42.1 Å². The van der Waals surface area contributed by atoms with E-state index >= 15 is 0 Å². The number of aryl methyl sites for hydroxylation is 1. The molecule has 1 amide bonds. The smallest absolute Gasteiger partial charge is 0.262 e. The third-order valence-corrected chi connectivity index (χ3v) is 4.45. The largest absolute Gasteiger partial charge is 0.342 e. The maximum atomic E-state index is 12.4. The zero-order chi connectivity index (χ0) is 15.3. The Bertz CT molecular complexity index is 584. The van der Waals surface area contributed by atoms with Crippen molar-refractivity contribution < 1.29 is 13.2 Å². The average molecular weight is 318 g/mol. The molecular formula is C14H20ClNO3S. The van der Waals surface area contributed by atoms with Crippen molar-refractivity contribution in [2.45, 2.75) is 38.0 Å². The number of amides is 1. The standard InChI is InChI=1S/C14H20ClNO3S/c1-4-5-6-9-16(3)14(17)12-10-11(2)7-8-13(12)20(15,18)19/h7-8,10H,4-6,9H2,1-3H3. The Labute approximate surface area is 125 Å². The fourth-order valence-corrected chi connectivity index (χ4v) is 2.97. The third kappa shape index (κ3) is 4.49. The summed E-state index contributed by atoms with van der Waals surface area (Å²) in [6, 6.07) is 4.57. The van der Waals surface area contributed by atoms with Crippen LogP contribution >= 0.6 is 10.7 Å². The molecule has 0 bridgehead atoms. The molecular weight excluding hydrogens is 298 g/mol. The summed E-state index contributed by atoms with van der Waals surface area (Å²) < 4.78 is 23.1. The minimum Gasteiger partial charge on any atom is -0.342 e. The number of hydrogen-bond acceptors (Lipinski definition) is 3. The lowest BCUT2D eigenvalue weighted by molar-refractivity contribution is 0.0789. The maximum absolute atomic E-state index is 12.4. The van der Waals surface area contributed by atoms with Gasteiger partial charge in [-0.2, -0.15) is 0 Å². The van der Waals surface area contributed by atoms with Crippen molar-refractivity contribution in [3.63, 3.8) is 0 Å². The van der Waals surface area contributed by atoms with E-state index < -0.39 is 9.05 Å². The molecule has 0 aliphatic heterocycles. The van der Waals surface area contributed by atoms with Gasteiger partial charge in [0.05, 0.1) is 10.5 Å². The molecule has 1 rings (SSSR count). The van der Waals surface area contributed by atoms with Crippen LogP contribution in [0.15, 0.2) is 23.1 Å². The van der Waals surface area contributed by atoms with Gasteiger partial charge in [-0.1, -0.05) is 31.4 Å². The van der Waals surface area contributed by atoms with E-state index in [1.807, 2.05) is 0 Å². The highest BCUT2D eigenvalue weighted by molar-refractivity contribution is 8.13. The van der Waals surface area contributed by atoms with Crippen LogP contribution in [0.4, 0.5) is 0 Å². The van der Waals surface area contributed by atoms with E-state index in [4.69, 9.17) is 10.7 Å². The van der Waals surface area contributed by atoms with E-state index in [0.29, 0.717) is 6.54 Å². The van der Waals surface area contributed by atoms with Crippen molar-refractivity contribution in [2.24, 2.45) is 0 Å². The second-order valence-electron chi connectivity index (χ2n) is 4.87. The number of carbonyl (C=O) groups excluding carboxylic acids is 1. The summed E-state index contributed by atoms with van der Waals surface area (Å²) in [4.78, 5) is 13.8. The van der Waals surface area contributed by atoms with Crippen LogP contribution in [0.25, 0.3) is 0 Å². The van der Waals surface area contributed by atoms with Crippen LogP contribution < -0.4 is 0 Å². The average Bonchev–Trinajstić information content (AvgIpc) is 2.36. The van der Waals surface area contributed by atoms with Gasteiger partial charge in [-0.05, 0) is 25.5 Å². The molecule has 0 spiro atoms. The Morgan fingerprint density at radius 2 is 1.95 bits per heavy atom. The van der Waals surface area contributed by atoms with Gasteiger partial charge in [0.25, 0.3) is 15.0 Å². The highest BCUT2D eigenvalue weighted by atomic mass is 35.7. The molecule has 1 aromatic carbocycles. The molecule has 0 aromatic heterocycles. The zero-order valence-corrected chi connectivity index (χ0v) is 13.6. The number of carbonyl (C=O) groups is 1. The molecule has 4 nitrogen and oxygen atoms in total. The van der Waals surface area contributed by atoms with Crippen molar-refractivity contribution in [1.29, 1.82) is 0 Å². The molecule has 1 aromatic rings. The molecule has 0 aliphatic rings. The van der Waals surface area contributed by atoms with Gasteiger partial charge in [0.1, 0.15) is 0 Å². The molecule has 112 valence electrons. The monoisotopic (exact) mass is 317 g/mol. The van der Waals surface area contributed by atoms with Crippen molar-refractivity contribution in [3.8, 4) is 0 Å². The first-order valence-corrected chi connectivity index (χ1v) is 8.89. The normalized spacial score (nSPS) is 11.4. The summed E-state index contributed by atoms with van der Waals surface area (Å²) in [5.74, 6) is -0.316. The third-order valence-electron chi connectivity index (χ3n) is 3.07. The maximum Gasteiger partial charge on any atom is 0.262 e. The summed E-state index contributed by atoms with van der Waals surface area (Å²) in [6.07, 6.45) is 2.99. The van der Waals surface area contributed by atoms with Crippen molar-refractivity contribution >= 4 is 25.6 Å². The van der Waals surface area contributed by atoms with Gasteiger partial charge >= 0.3 is 0 Å². The second kappa shape index (κ2) is 7.09. The van der Waals surface area contributed by atoms with Gasteiger partial charge in [-0.25, -0.2) is 8.42 Å². The number of hydrogen-bond donors (Lipinski definition) is 0. The minimum absolute atomic E-state index is 0.128. The predicted molar refractivity (Wildman–Crippen MR) is 80.7 cm³/mol. The molecule has 0 aliphatic carbocycles. The zero-order valence-electron chi connectivity index (χ0n) is 12.0. The molecule has 0 heterocycles. The van der Waals surface area contributed by atoms with Gasteiger partial charge in [0.2, 0.25) is 0 Å². The summed E-state index contributed by atoms with van der Waals surface area (Å²) in [5.41, 5.74) is 0.957. The topological polar surface area (TPSA) is 54.5 Å². The Morgan fingerprint density at radius 1 is 1.30 bits per heavy atom. The Balaban J connectivity index is 3.06. The minimum atomic E-state index is -3.93. The molecule has 20 heavy (non-hydrogen) atoms. The van der Waals surface area contributed by atoms with Gasteiger partial charge in [0.15, 0.2) is 0 Å². The van der Waals surface area contributed by atoms with E-state index in [-0.39, 0.29) is 16.4 Å². The van der Waals surface area contributed by atoms with Gasteiger partial charge in [-0.15, -0.1) is 0 Å². The Morgan fingerprint density at radius 3 is 2.50 bits per heavy atom. The summed E-state index contributed by atoms with van der Waals surface area (Å²) in [7, 11) is 3.14. The van der Waals surface area contributed by atoms with Crippen LogP contribution in [-0.2, 0) is 9.05 Å². The summed E-state index contributed by atoms with van der Waals surface area (Å²) in [5, 5.41) is 0. The van der Waals surface area contributed by atoms with E-state index in [1.165, 1.54) is 11.0 Å². The Kier molecular flexibility index (Phi) is 6.02. The molecule has 0 radical (unpaired) electrons. The van der Waals surface area contributed by atoms with E-state index in [2.05, 4.69) is 6.92 Å². The molecule has 6 heteroatoms. The first kappa shape index (κ1) is 17.0. The molecule has 0 N–H and O–H groups in total. The molecule has 0 atom stereocenters. The first-order valence-electron chi connectivity index (χ1n) is 6.58. The summed E-state index contributed by atoms with van der Waals surface area (Å²) >= 11 is 0. The fourth-order valence-electron chi connectivity index (χ4n) is 1.93. The fraction of sp³-hybridized carbons (Fsp3) is 0.500. The lowest BCUT2D eigenvalue weighted by Gasteiger charge is -2.18. The first-order chi connectivity index (χ1) is 9.27. The van der Waals surface area contributed by atoms with Gasteiger partial charge < -0.3 is 4.90 Å². The highest BCUT2D eigenvalue weighted by Gasteiger charge is 2.22. The molecule has 0 saturated carbocycles. The van der Waals surface area contributed by atoms with Crippen molar-refractivity contribution in [3.05, 3.63) is 29.3 Å². The molecule has 0 fully saturated rings. The quantitative estimate of drug-likeness (QED) is 0.598.